The normalized spacial score (nSPS) is 16.8. The Bertz CT molecular complexity index is 1240. The fraction of sp³-hybridized carbons (Fsp3) is 0.385. The molecule has 0 unspecified atom stereocenters. The van der Waals surface area contributed by atoms with E-state index >= 15 is 0 Å². The van der Waals surface area contributed by atoms with E-state index in [1.165, 1.54) is 5.56 Å². The SMILES string of the molecule is COc1cc(C(=O)NC2CCOCC2)ccc1Nc1nccc(-c2cnc3c(c2)C(C)(C)CN3)n1. The smallest absolute Gasteiger partial charge is 0.251 e. The third-order valence-corrected chi connectivity index (χ3v) is 6.53. The van der Waals surface area contributed by atoms with Crippen molar-refractivity contribution < 1.29 is 14.3 Å². The molecule has 9 nitrogen and oxygen atoms in total. The number of anilines is 3. The zero-order valence-corrected chi connectivity index (χ0v) is 20.2. The Morgan fingerprint density at radius 2 is 2.00 bits per heavy atom. The van der Waals surface area contributed by atoms with Crippen LogP contribution in [-0.2, 0) is 10.2 Å². The van der Waals surface area contributed by atoms with E-state index in [0.29, 0.717) is 36.2 Å². The molecular formula is C26H30N6O3. The summed E-state index contributed by atoms with van der Waals surface area (Å²) in [5, 5.41) is 9.65. The molecule has 2 aromatic heterocycles. The van der Waals surface area contributed by atoms with Gasteiger partial charge in [0.05, 0.1) is 18.5 Å². The average Bonchev–Trinajstić information content (AvgIpc) is 3.19. The number of rotatable bonds is 6. The molecule has 1 fully saturated rings. The van der Waals surface area contributed by atoms with Gasteiger partial charge in [-0.25, -0.2) is 15.0 Å². The van der Waals surface area contributed by atoms with Crippen molar-refractivity contribution in [2.75, 3.05) is 37.5 Å². The fourth-order valence-corrected chi connectivity index (χ4v) is 4.41. The van der Waals surface area contributed by atoms with Crippen molar-refractivity contribution in [3.63, 3.8) is 0 Å². The summed E-state index contributed by atoms with van der Waals surface area (Å²) in [6.45, 7) is 6.60. The Hall–Kier alpha value is -3.72. The molecule has 35 heavy (non-hydrogen) atoms. The molecule has 0 radical (unpaired) electrons. The summed E-state index contributed by atoms with van der Waals surface area (Å²) in [5.41, 5.74) is 4.10. The molecule has 4 heterocycles. The van der Waals surface area contributed by atoms with Crippen molar-refractivity contribution in [1.82, 2.24) is 20.3 Å². The molecule has 1 saturated heterocycles. The van der Waals surface area contributed by atoms with E-state index < -0.39 is 0 Å². The van der Waals surface area contributed by atoms with E-state index in [1.54, 1.807) is 31.5 Å². The van der Waals surface area contributed by atoms with Gasteiger partial charge >= 0.3 is 0 Å². The van der Waals surface area contributed by atoms with Crippen LogP contribution in [0.25, 0.3) is 11.3 Å². The summed E-state index contributed by atoms with van der Waals surface area (Å²) in [5.74, 6) is 1.77. The van der Waals surface area contributed by atoms with E-state index in [9.17, 15) is 4.79 Å². The average molecular weight is 475 g/mol. The molecule has 2 aliphatic heterocycles. The molecular weight excluding hydrogens is 444 g/mol. The second-order valence-electron chi connectivity index (χ2n) is 9.52. The zero-order chi connectivity index (χ0) is 24.4. The molecule has 9 heteroatoms. The van der Waals surface area contributed by atoms with Crippen LogP contribution in [0.2, 0.25) is 0 Å². The number of hydrogen-bond donors (Lipinski definition) is 3. The number of carbonyl (C=O) groups excluding carboxylic acids is 1. The Kier molecular flexibility index (Phi) is 6.25. The predicted octanol–water partition coefficient (Wildman–Crippen LogP) is 3.90. The molecule has 0 aliphatic carbocycles. The minimum absolute atomic E-state index is 0.0125. The van der Waals surface area contributed by atoms with Crippen molar-refractivity contribution in [3.8, 4) is 17.0 Å². The van der Waals surface area contributed by atoms with Gasteiger partial charge in [0.25, 0.3) is 5.91 Å². The van der Waals surface area contributed by atoms with Crippen LogP contribution in [0.1, 0.15) is 42.6 Å². The molecule has 5 rings (SSSR count). The quantitative estimate of drug-likeness (QED) is 0.493. The first-order valence-corrected chi connectivity index (χ1v) is 11.8. The van der Waals surface area contributed by atoms with Gasteiger partial charge in [0.2, 0.25) is 5.95 Å². The molecule has 1 amide bonds. The largest absolute Gasteiger partial charge is 0.495 e. The van der Waals surface area contributed by atoms with Gasteiger partial charge in [0.15, 0.2) is 0 Å². The molecule has 3 N–H and O–H groups in total. The number of nitrogens with one attached hydrogen (secondary N) is 3. The Morgan fingerprint density at radius 1 is 1.17 bits per heavy atom. The van der Waals surface area contributed by atoms with Crippen LogP contribution in [0.3, 0.4) is 0 Å². The van der Waals surface area contributed by atoms with Crippen molar-refractivity contribution in [2.45, 2.75) is 38.1 Å². The highest BCUT2D eigenvalue weighted by Crippen LogP contribution is 2.37. The lowest BCUT2D eigenvalue weighted by Crippen LogP contribution is -2.38. The van der Waals surface area contributed by atoms with Gasteiger partial charge in [-0.15, -0.1) is 0 Å². The second kappa shape index (κ2) is 9.50. The summed E-state index contributed by atoms with van der Waals surface area (Å²) < 4.78 is 10.9. The maximum atomic E-state index is 12.7. The topological polar surface area (TPSA) is 110 Å². The predicted molar refractivity (Wildman–Crippen MR) is 134 cm³/mol. The van der Waals surface area contributed by atoms with Crippen LogP contribution >= 0.6 is 0 Å². The summed E-state index contributed by atoms with van der Waals surface area (Å²) >= 11 is 0. The Morgan fingerprint density at radius 3 is 2.80 bits per heavy atom. The molecule has 2 aliphatic rings. The van der Waals surface area contributed by atoms with Gasteiger partial charge < -0.3 is 25.4 Å². The van der Waals surface area contributed by atoms with Gasteiger partial charge in [-0.2, -0.15) is 0 Å². The van der Waals surface area contributed by atoms with Gasteiger partial charge in [0, 0.05) is 60.3 Å². The number of methoxy groups -OCH3 is 1. The standard InChI is InChI=1S/C26H30N6O3/c1-26(2)15-29-23-19(26)12-17(14-28-23)20-6-9-27-25(31-20)32-21-5-4-16(13-22(21)34-3)24(33)30-18-7-10-35-11-8-18/h4-6,9,12-14,18H,7-8,10-11,15H2,1-3H3,(H,28,29)(H,30,33)(H,27,31,32). The molecule has 3 aromatic rings. The zero-order valence-electron chi connectivity index (χ0n) is 20.2. The van der Waals surface area contributed by atoms with Crippen molar-refractivity contribution in [1.29, 1.82) is 0 Å². The molecule has 0 atom stereocenters. The molecule has 1 aromatic carbocycles. The molecule has 0 bridgehead atoms. The maximum absolute atomic E-state index is 12.7. The molecule has 182 valence electrons. The Labute approximate surface area is 204 Å². The minimum Gasteiger partial charge on any atom is -0.495 e. The number of carbonyl (C=O) groups is 1. The van der Waals surface area contributed by atoms with Gasteiger partial charge in [-0.05, 0) is 43.2 Å². The van der Waals surface area contributed by atoms with Crippen molar-refractivity contribution in [3.05, 3.63) is 53.9 Å². The van der Waals surface area contributed by atoms with Crippen LogP contribution < -0.4 is 20.7 Å². The lowest BCUT2D eigenvalue weighted by molar-refractivity contribution is 0.0696. The monoisotopic (exact) mass is 474 g/mol. The third kappa shape index (κ3) is 4.90. The van der Waals surface area contributed by atoms with Crippen LogP contribution in [-0.4, -0.2) is 53.8 Å². The van der Waals surface area contributed by atoms with Crippen LogP contribution in [0.5, 0.6) is 5.75 Å². The van der Waals surface area contributed by atoms with E-state index in [0.717, 1.165) is 36.5 Å². The third-order valence-electron chi connectivity index (χ3n) is 6.53. The minimum atomic E-state index is -0.124. The first-order chi connectivity index (χ1) is 16.9. The van der Waals surface area contributed by atoms with Crippen molar-refractivity contribution >= 4 is 23.4 Å². The number of amides is 1. The number of aromatic nitrogens is 3. The van der Waals surface area contributed by atoms with Crippen LogP contribution in [0, 0.1) is 0 Å². The van der Waals surface area contributed by atoms with E-state index in [1.807, 2.05) is 12.3 Å². The summed E-state index contributed by atoms with van der Waals surface area (Å²) in [7, 11) is 1.57. The Balaban J connectivity index is 1.34. The van der Waals surface area contributed by atoms with Crippen molar-refractivity contribution in [2.24, 2.45) is 0 Å². The lowest BCUT2D eigenvalue weighted by Gasteiger charge is -2.23. The van der Waals surface area contributed by atoms with Crippen LogP contribution in [0.4, 0.5) is 17.5 Å². The number of ether oxygens (including phenoxy) is 2. The highest BCUT2D eigenvalue weighted by Gasteiger charge is 2.31. The van der Waals surface area contributed by atoms with Gasteiger partial charge in [-0.1, -0.05) is 13.8 Å². The van der Waals surface area contributed by atoms with Gasteiger partial charge in [0.1, 0.15) is 11.6 Å². The highest BCUT2D eigenvalue weighted by atomic mass is 16.5. The highest BCUT2D eigenvalue weighted by molar-refractivity contribution is 5.95. The summed E-state index contributed by atoms with van der Waals surface area (Å²) in [4.78, 5) is 26.4. The number of benzene rings is 1. The first-order valence-electron chi connectivity index (χ1n) is 11.8. The number of pyridine rings is 1. The van der Waals surface area contributed by atoms with E-state index in [-0.39, 0.29) is 17.4 Å². The first kappa shape index (κ1) is 23.0. The molecule has 0 saturated carbocycles. The number of fused-ring (bicyclic) bond motifs is 1. The number of hydrogen-bond acceptors (Lipinski definition) is 8. The fourth-order valence-electron chi connectivity index (χ4n) is 4.41. The second-order valence-corrected chi connectivity index (χ2v) is 9.52. The maximum Gasteiger partial charge on any atom is 0.251 e. The van der Waals surface area contributed by atoms with E-state index in [2.05, 4.69) is 45.8 Å². The number of nitrogens with zero attached hydrogens (tertiary/aromatic N) is 3. The van der Waals surface area contributed by atoms with Gasteiger partial charge in [-0.3, -0.25) is 4.79 Å². The van der Waals surface area contributed by atoms with Crippen LogP contribution in [0.15, 0.2) is 42.7 Å². The molecule has 0 spiro atoms. The lowest BCUT2D eigenvalue weighted by atomic mass is 9.87. The summed E-state index contributed by atoms with van der Waals surface area (Å²) in [6.07, 6.45) is 5.18. The van der Waals surface area contributed by atoms with E-state index in [4.69, 9.17) is 14.5 Å². The summed E-state index contributed by atoms with van der Waals surface area (Å²) in [6, 6.07) is 9.43.